The molecule has 17 heavy (non-hydrogen) atoms. The summed E-state index contributed by atoms with van der Waals surface area (Å²) in [4.78, 5) is 2.38. The third kappa shape index (κ3) is 3.23. The van der Waals surface area contributed by atoms with E-state index in [1.165, 1.54) is 24.8 Å². The molecule has 0 bridgehead atoms. The van der Waals surface area contributed by atoms with E-state index in [-0.39, 0.29) is 0 Å². The van der Waals surface area contributed by atoms with E-state index in [0.29, 0.717) is 11.4 Å². The molecule has 1 saturated carbocycles. The van der Waals surface area contributed by atoms with Crippen LogP contribution in [0.5, 0.6) is 0 Å². The fourth-order valence-electron chi connectivity index (χ4n) is 2.63. The summed E-state index contributed by atoms with van der Waals surface area (Å²) in [6, 6.07) is 0.524. The Bertz CT molecular complexity index is 350. The minimum absolute atomic E-state index is 0.315. The van der Waals surface area contributed by atoms with Crippen LogP contribution in [0.25, 0.3) is 0 Å². The molecule has 0 aromatic carbocycles. The van der Waals surface area contributed by atoms with Gasteiger partial charge in [-0.2, -0.15) is 5.10 Å². The van der Waals surface area contributed by atoms with Crippen molar-refractivity contribution in [1.82, 2.24) is 14.7 Å². The molecule has 2 atom stereocenters. The second kappa shape index (κ2) is 5.87. The maximum Gasteiger partial charge on any atom is 0.0534 e. The fourth-order valence-corrected chi connectivity index (χ4v) is 3.10. The second-order valence-corrected chi connectivity index (χ2v) is 5.55. The van der Waals surface area contributed by atoms with Gasteiger partial charge in [-0.25, -0.2) is 0 Å². The maximum absolute atomic E-state index is 6.41. The quantitative estimate of drug-likeness (QED) is 0.772. The second-order valence-electron chi connectivity index (χ2n) is 4.99. The molecule has 2 unspecified atom stereocenters. The normalized spacial score (nSPS) is 25.4. The molecule has 1 heterocycles. The minimum atomic E-state index is 0.315. The van der Waals surface area contributed by atoms with E-state index in [0.717, 1.165) is 19.5 Å². The van der Waals surface area contributed by atoms with Gasteiger partial charge in [0, 0.05) is 36.3 Å². The molecule has 1 aliphatic rings. The Hall–Kier alpha value is -0.540. The molecule has 1 aromatic heterocycles. The maximum atomic E-state index is 6.41. The first kappa shape index (κ1) is 12.9. The summed E-state index contributed by atoms with van der Waals surface area (Å²) < 4.78 is 1.97. The van der Waals surface area contributed by atoms with Crippen LogP contribution >= 0.6 is 11.6 Å². The van der Waals surface area contributed by atoms with Crippen LogP contribution in [0.3, 0.4) is 0 Å². The molecule has 1 aliphatic carbocycles. The Morgan fingerprint density at radius 2 is 2.24 bits per heavy atom. The lowest BCUT2D eigenvalue weighted by Crippen LogP contribution is -2.40. The number of aromatic nitrogens is 2. The number of nitrogens with zero attached hydrogens (tertiary/aromatic N) is 3. The van der Waals surface area contributed by atoms with Crippen molar-refractivity contribution in [2.75, 3.05) is 7.05 Å². The topological polar surface area (TPSA) is 21.1 Å². The summed E-state index contributed by atoms with van der Waals surface area (Å²) in [5, 5.41) is 4.62. The largest absolute Gasteiger partial charge is 0.298 e. The molecule has 0 aliphatic heterocycles. The van der Waals surface area contributed by atoms with Crippen LogP contribution in [-0.4, -0.2) is 33.1 Å². The van der Waals surface area contributed by atoms with Gasteiger partial charge in [-0.15, -0.1) is 11.6 Å². The van der Waals surface area contributed by atoms with Gasteiger partial charge in [-0.1, -0.05) is 12.8 Å². The Kier molecular flexibility index (Phi) is 4.46. The van der Waals surface area contributed by atoms with Crippen molar-refractivity contribution in [3.8, 4) is 0 Å². The van der Waals surface area contributed by atoms with Crippen molar-refractivity contribution < 1.29 is 0 Å². The summed E-state index contributed by atoms with van der Waals surface area (Å²) in [5.74, 6) is 0. The van der Waals surface area contributed by atoms with Crippen molar-refractivity contribution >= 4 is 11.6 Å². The molecular formula is C13H22ClN3. The molecule has 0 radical (unpaired) electrons. The van der Waals surface area contributed by atoms with Crippen molar-refractivity contribution in [2.45, 2.75) is 57.1 Å². The molecule has 0 amide bonds. The Balaban J connectivity index is 1.93. The smallest absolute Gasteiger partial charge is 0.0534 e. The van der Waals surface area contributed by atoms with Crippen molar-refractivity contribution in [2.24, 2.45) is 0 Å². The highest BCUT2D eigenvalue weighted by molar-refractivity contribution is 6.21. The van der Waals surface area contributed by atoms with Crippen molar-refractivity contribution in [1.29, 1.82) is 0 Å². The van der Waals surface area contributed by atoms with Gasteiger partial charge in [0.25, 0.3) is 0 Å². The van der Waals surface area contributed by atoms with E-state index >= 15 is 0 Å². The standard InChI is InChI=1S/C13H22ClN3/c1-3-17-10-11(8-15-17)9-16(2)13-7-5-4-6-12(13)14/h8,10,12-13H,3-7,9H2,1-2H3. The summed E-state index contributed by atoms with van der Waals surface area (Å²) in [6.07, 6.45) is 9.07. The number of hydrogen-bond donors (Lipinski definition) is 0. The SMILES string of the molecule is CCn1cc(CN(C)C2CCCCC2Cl)cn1. The molecule has 2 rings (SSSR count). The lowest BCUT2D eigenvalue weighted by atomic mass is 9.94. The molecule has 96 valence electrons. The number of hydrogen-bond acceptors (Lipinski definition) is 2. The van der Waals surface area contributed by atoms with Gasteiger partial charge in [0.1, 0.15) is 0 Å². The zero-order chi connectivity index (χ0) is 12.3. The van der Waals surface area contributed by atoms with Gasteiger partial charge in [0.15, 0.2) is 0 Å². The lowest BCUT2D eigenvalue weighted by molar-refractivity contribution is 0.188. The van der Waals surface area contributed by atoms with Crippen LogP contribution in [0.1, 0.15) is 38.2 Å². The molecule has 1 fully saturated rings. The van der Waals surface area contributed by atoms with Crippen molar-refractivity contribution in [3.05, 3.63) is 18.0 Å². The average Bonchev–Trinajstić information content (AvgIpc) is 2.77. The van der Waals surface area contributed by atoms with Crippen LogP contribution in [0, 0.1) is 0 Å². The van der Waals surface area contributed by atoms with E-state index in [1.807, 2.05) is 10.9 Å². The first-order chi connectivity index (χ1) is 8.20. The summed E-state index contributed by atoms with van der Waals surface area (Å²) in [6.45, 7) is 4.00. The summed E-state index contributed by atoms with van der Waals surface area (Å²) >= 11 is 6.41. The molecule has 4 heteroatoms. The van der Waals surface area contributed by atoms with Gasteiger partial charge in [0.05, 0.1) is 6.20 Å². The van der Waals surface area contributed by atoms with E-state index in [1.54, 1.807) is 0 Å². The highest BCUT2D eigenvalue weighted by Crippen LogP contribution is 2.27. The molecule has 0 spiro atoms. The zero-order valence-electron chi connectivity index (χ0n) is 10.8. The predicted octanol–water partition coefficient (Wildman–Crippen LogP) is 2.88. The van der Waals surface area contributed by atoms with Crippen LogP contribution < -0.4 is 0 Å². The van der Waals surface area contributed by atoms with Gasteiger partial charge in [0.2, 0.25) is 0 Å². The summed E-state index contributed by atoms with van der Waals surface area (Å²) in [7, 11) is 2.18. The molecule has 1 aromatic rings. The van der Waals surface area contributed by atoms with Crippen LogP contribution in [0.4, 0.5) is 0 Å². The molecule has 3 nitrogen and oxygen atoms in total. The first-order valence-corrected chi connectivity index (χ1v) is 7.00. The lowest BCUT2D eigenvalue weighted by Gasteiger charge is -2.34. The number of aryl methyl sites for hydroxylation is 1. The Labute approximate surface area is 109 Å². The monoisotopic (exact) mass is 255 g/mol. The molecule has 0 N–H and O–H groups in total. The van der Waals surface area contributed by atoms with E-state index < -0.39 is 0 Å². The number of rotatable bonds is 4. The van der Waals surface area contributed by atoms with Crippen molar-refractivity contribution in [3.63, 3.8) is 0 Å². The van der Waals surface area contributed by atoms with Gasteiger partial charge >= 0.3 is 0 Å². The van der Waals surface area contributed by atoms with Gasteiger partial charge in [-0.05, 0) is 26.8 Å². The highest BCUT2D eigenvalue weighted by atomic mass is 35.5. The average molecular weight is 256 g/mol. The first-order valence-electron chi connectivity index (χ1n) is 6.56. The fraction of sp³-hybridized carbons (Fsp3) is 0.769. The predicted molar refractivity (Wildman–Crippen MR) is 71.3 cm³/mol. The summed E-state index contributed by atoms with van der Waals surface area (Å²) in [5.41, 5.74) is 1.28. The Morgan fingerprint density at radius 3 is 2.88 bits per heavy atom. The number of alkyl halides is 1. The third-order valence-electron chi connectivity index (χ3n) is 3.66. The van der Waals surface area contributed by atoms with Crippen LogP contribution in [0.2, 0.25) is 0 Å². The Morgan fingerprint density at radius 1 is 1.47 bits per heavy atom. The minimum Gasteiger partial charge on any atom is -0.298 e. The van der Waals surface area contributed by atoms with E-state index in [9.17, 15) is 0 Å². The number of halogens is 1. The van der Waals surface area contributed by atoms with Crippen LogP contribution in [0.15, 0.2) is 12.4 Å². The van der Waals surface area contributed by atoms with E-state index in [4.69, 9.17) is 11.6 Å². The highest BCUT2D eigenvalue weighted by Gasteiger charge is 2.26. The third-order valence-corrected chi connectivity index (χ3v) is 4.17. The van der Waals surface area contributed by atoms with E-state index in [2.05, 4.69) is 30.2 Å². The molecule has 0 saturated heterocycles. The van der Waals surface area contributed by atoms with Gasteiger partial charge < -0.3 is 0 Å². The van der Waals surface area contributed by atoms with Crippen LogP contribution in [-0.2, 0) is 13.1 Å². The van der Waals surface area contributed by atoms with Gasteiger partial charge in [-0.3, -0.25) is 9.58 Å². The zero-order valence-corrected chi connectivity index (χ0v) is 11.5. The molecular weight excluding hydrogens is 234 g/mol.